The van der Waals surface area contributed by atoms with Gasteiger partial charge in [0.15, 0.2) is 0 Å². The van der Waals surface area contributed by atoms with Crippen LogP contribution in [0.3, 0.4) is 0 Å². The highest BCUT2D eigenvalue weighted by Gasteiger charge is 2.17. The minimum Gasteiger partial charge on any atom is -0.310 e. The largest absolute Gasteiger partial charge is 0.310 e. The minimum absolute atomic E-state index is 0.159. The molecule has 0 aliphatic heterocycles. The van der Waals surface area contributed by atoms with Crippen molar-refractivity contribution in [2.45, 2.75) is 26.2 Å². The third-order valence-corrected chi connectivity index (χ3v) is 8.34. The van der Waals surface area contributed by atoms with E-state index in [0.717, 1.165) is 17.1 Å². The summed E-state index contributed by atoms with van der Waals surface area (Å²) < 4.78 is 2.36. The van der Waals surface area contributed by atoms with Gasteiger partial charge in [-0.1, -0.05) is 124 Å². The van der Waals surface area contributed by atoms with Crippen molar-refractivity contribution in [2.75, 3.05) is 4.90 Å². The molecule has 0 fully saturated rings. The molecule has 0 N–H and O–H groups in total. The lowest BCUT2D eigenvalue weighted by Crippen LogP contribution is -2.10. The zero-order valence-corrected chi connectivity index (χ0v) is 25.5. The molecule has 214 valence electrons. The standard InChI is InChI=1S/C42H36N2/c1-42(2,3)33-24-20-31(21-25-33)18-19-32-22-26-36(27-23-32)43(34-12-6-4-7-13-34)37-28-29-41-39(30-37)38-16-10-11-17-40(38)44(41)35-14-8-5-9-15-35/h4-30H,1-3H3/b19-18+. The fourth-order valence-electron chi connectivity index (χ4n) is 6.00. The highest BCUT2D eigenvalue weighted by molar-refractivity contribution is 6.10. The molecule has 1 aromatic heterocycles. The van der Waals surface area contributed by atoms with Crippen LogP contribution in [0.1, 0.15) is 37.5 Å². The first-order valence-electron chi connectivity index (χ1n) is 15.3. The SMILES string of the molecule is CC(C)(C)c1ccc(/C=C/c2ccc(N(c3ccccc3)c3ccc4c(c3)c3ccccc3n4-c3ccccc3)cc2)cc1. The molecular formula is C42H36N2. The number of benzene rings is 6. The molecule has 0 saturated heterocycles. The molecule has 0 aliphatic rings. The zero-order valence-electron chi connectivity index (χ0n) is 25.5. The normalized spacial score (nSPS) is 11.9. The van der Waals surface area contributed by atoms with Crippen molar-refractivity contribution in [3.63, 3.8) is 0 Å². The number of hydrogen-bond acceptors (Lipinski definition) is 1. The fourth-order valence-corrected chi connectivity index (χ4v) is 6.00. The quantitative estimate of drug-likeness (QED) is 0.181. The van der Waals surface area contributed by atoms with Crippen molar-refractivity contribution >= 4 is 51.0 Å². The number of nitrogens with zero attached hydrogens (tertiary/aromatic N) is 2. The lowest BCUT2D eigenvalue weighted by atomic mass is 9.87. The van der Waals surface area contributed by atoms with E-state index in [4.69, 9.17) is 0 Å². The molecule has 7 rings (SSSR count). The van der Waals surface area contributed by atoms with Gasteiger partial charge in [-0.25, -0.2) is 0 Å². The summed E-state index contributed by atoms with van der Waals surface area (Å²) >= 11 is 0. The van der Waals surface area contributed by atoms with Crippen LogP contribution >= 0.6 is 0 Å². The number of hydrogen-bond donors (Lipinski definition) is 0. The van der Waals surface area contributed by atoms with E-state index in [1.165, 1.54) is 44.2 Å². The number of para-hydroxylation sites is 3. The predicted octanol–water partition coefficient (Wildman–Crippen LogP) is 11.7. The second-order valence-corrected chi connectivity index (χ2v) is 12.4. The fraction of sp³-hybridized carbons (Fsp3) is 0.0952. The maximum absolute atomic E-state index is 2.36. The van der Waals surface area contributed by atoms with Crippen molar-refractivity contribution in [2.24, 2.45) is 0 Å². The van der Waals surface area contributed by atoms with Crippen LogP contribution in [0.4, 0.5) is 17.1 Å². The van der Waals surface area contributed by atoms with E-state index in [1.807, 2.05) is 0 Å². The van der Waals surface area contributed by atoms with E-state index >= 15 is 0 Å². The summed E-state index contributed by atoms with van der Waals surface area (Å²) in [5.41, 5.74) is 10.8. The van der Waals surface area contributed by atoms with Gasteiger partial charge in [0, 0.05) is 33.5 Å². The number of fused-ring (bicyclic) bond motifs is 3. The van der Waals surface area contributed by atoms with E-state index in [9.17, 15) is 0 Å². The molecule has 0 bridgehead atoms. The molecule has 6 aromatic carbocycles. The van der Waals surface area contributed by atoms with Gasteiger partial charge in [0.25, 0.3) is 0 Å². The molecule has 0 atom stereocenters. The van der Waals surface area contributed by atoms with Crippen molar-refractivity contribution < 1.29 is 0 Å². The van der Waals surface area contributed by atoms with Crippen LogP contribution in [0.5, 0.6) is 0 Å². The first-order valence-corrected chi connectivity index (χ1v) is 15.3. The Kier molecular flexibility index (Phi) is 7.12. The van der Waals surface area contributed by atoms with Gasteiger partial charge in [-0.15, -0.1) is 0 Å². The summed E-state index contributed by atoms with van der Waals surface area (Å²) in [5, 5.41) is 2.48. The van der Waals surface area contributed by atoms with Crippen LogP contribution in [0, 0.1) is 0 Å². The van der Waals surface area contributed by atoms with Crippen LogP contribution in [0.15, 0.2) is 152 Å². The van der Waals surface area contributed by atoms with E-state index < -0.39 is 0 Å². The minimum atomic E-state index is 0.159. The summed E-state index contributed by atoms with van der Waals surface area (Å²) in [6, 6.07) is 54.4. The van der Waals surface area contributed by atoms with Crippen LogP contribution in [0.2, 0.25) is 0 Å². The summed E-state index contributed by atoms with van der Waals surface area (Å²) in [6.45, 7) is 6.75. The van der Waals surface area contributed by atoms with E-state index in [1.54, 1.807) is 0 Å². The third kappa shape index (κ3) is 5.31. The molecule has 2 nitrogen and oxygen atoms in total. The van der Waals surface area contributed by atoms with Crippen molar-refractivity contribution in [3.05, 3.63) is 168 Å². The summed E-state index contributed by atoms with van der Waals surface area (Å²) in [6.07, 6.45) is 4.38. The molecule has 0 spiro atoms. The molecule has 0 amide bonds. The Hall–Kier alpha value is -5.34. The average Bonchev–Trinajstić information content (AvgIpc) is 3.39. The van der Waals surface area contributed by atoms with Crippen LogP contribution in [-0.4, -0.2) is 4.57 Å². The molecule has 0 saturated carbocycles. The summed E-state index contributed by atoms with van der Waals surface area (Å²) in [5.74, 6) is 0. The van der Waals surface area contributed by atoms with Gasteiger partial charge < -0.3 is 9.47 Å². The van der Waals surface area contributed by atoms with Crippen molar-refractivity contribution in [1.29, 1.82) is 0 Å². The van der Waals surface area contributed by atoms with Crippen molar-refractivity contribution in [3.8, 4) is 5.69 Å². The first kappa shape index (κ1) is 27.5. The Balaban J connectivity index is 1.27. The summed E-state index contributed by atoms with van der Waals surface area (Å²) in [7, 11) is 0. The molecule has 1 heterocycles. The predicted molar refractivity (Wildman–Crippen MR) is 190 cm³/mol. The Morgan fingerprint density at radius 3 is 1.66 bits per heavy atom. The molecule has 0 radical (unpaired) electrons. The first-order chi connectivity index (χ1) is 21.5. The number of aromatic nitrogens is 1. The van der Waals surface area contributed by atoms with E-state index in [-0.39, 0.29) is 5.41 Å². The number of rotatable bonds is 6. The molecule has 44 heavy (non-hydrogen) atoms. The molecule has 0 aliphatic carbocycles. The van der Waals surface area contributed by atoms with Gasteiger partial charge in [-0.05, 0) is 82.8 Å². The second kappa shape index (κ2) is 11.4. The smallest absolute Gasteiger partial charge is 0.0542 e. The van der Waals surface area contributed by atoms with Gasteiger partial charge in [0.05, 0.1) is 11.0 Å². The highest BCUT2D eigenvalue weighted by Crippen LogP contribution is 2.39. The monoisotopic (exact) mass is 568 g/mol. The molecular weight excluding hydrogens is 532 g/mol. The molecule has 0 unspecified atom stereocenters. The zero-order chi connectivity index (χ0) is 30.1. The maximum Gasteiger partial charge on any atom is 0.0542 e. The second-order valence-electron chi connectivity index (χ2n) is 12.4. The topological polar surface area (TPSA) is 8.17 Å². The summed E-state index contributed by atoms with van der Waals surface area (Å²) in [4.78, 5) is 2.34. The highest BCUT2D eigenvalue weighted by atomic mass is 15.1. The van der Waals surface area contributed by atoms with E-state index in [0.29, 0.717) is 0 Å². The van der Waals surface area contributed by atoms with Gasteiger partial charge in [0.2, 0.25) is 0 Å². The Morgan fingerprint density at radius 2 is 1.00 bits per heavy atom. The Labute approximate surface area is 260 Å². The average molecular weight is 569 g/mol. The third-order valence-electron chi connectivity index (χ3n) is 8.34. The molecule has 2 heteroatoms. The van der Waals surface area contributed by atoms with Gasteiger partial charge in [-0.2, -0.15) is 0 Å². The Morgan fingerprint density at radius 1 is 0.477 bits per heavy atom. The van der Waals surface area contributed by atoms with Gasteiger partial charge in [0.1, 0.15) is 0 Å². The number of anilines is 3. The van der Waals surface area contributed by atoms with Crippen molar-refractivity contribution in [1.82, 2.24) is 4.57 Å². The van der Waals surface area contributed by atoms with E-state index in [2.05, 4.69) is 194 Å². The van der Waals surface area contributed by atoms with Crippen LogP contribution in [-0.2, 0) is 5.41 Å². The maximum atomic E-state index is 2.36. The van der Waals surface area contributed by atoms with Gasteiger partial charge in [-0.3, -0.25) is 0 Å². The van der Waals surface area contributed by atoms with Crippen LogP contribution in [0.25, 0.3) is 39.6 Å². The lowest BCUT2D eigenvalue weighted by molar-refractivity contribution is 0.590. The van der Waals surface area contributed by atoms with Crippen LogP contribution < -0.4 is 4.90 Å². The Bertz CT molecular complexity index is 2060. The van der Waals surface area contributed by atoms with Gasteiger partial charge >= 0.3 is 0 Å². The molecule has 7 aromatic rings. The lowest BCUT2D eigenvalue weighted by Gasteiger charge is -2.25.